The van der Waals surface area contributed by atoms with Gasteiger partial charge in [-0.2, -0.15) is 13.7 Å². The zero-order chi connectivity index (χ0) is 13.3. The number of nitrogens with one attached hydrogen (secondary N) is 1. The molecule has 0 aromatic rings. The van der Waals surface area contributed by atoms with Crippen LogP contribution >= 0.6 is 0 Å². The van der Waals surface area contributed by atoms with Gasteiger partial charge >= 0.3 is 0 Å². The minimum absolute atomic E-state index is 0.0531. The van der Waals surface area contributed by atoms with Gasteiger partial charge in [0.1, 0.15) is 5.25 Å². The Kier molecular flexibility index (Phi) is 4.14. The number of sulfonamides is 1. The van der Waals surface area contributed by atoms with Gasteiger partial charge in [-0.1, -0.05) is 0 Å². The summed E-state index contributed by atoms with van der Waals surface area (Å²) in [5.41, 5.74) is 0. The molecule has 17 heavy (non-hydrogen) atoms. The molecule has 1 rings (SSSR count). The Labute approximate surface area is 101 Å². The molecule has 3 unspecified atom stereocenters. The molecule has 0 aliphatic heterocycles. The third-order valence-corrected chi connectivity index (χ3v) is 4.74. The van der Waals surface area contributed by atoms with Crippen molar-refractivity contribution in [2.75, 3.05) is 6.26 Å². The number of nitriles is 1. The van der Waals surface area contributed by atoms with Crippen LogP contribution in [0, 0.1) is 17.2 Å². The van der Waals surface area contributed by atoms with Gasteiger partial charge in [0.2, 0.25) is 10.0 Å². The van der Waals surface area contributed by atoms with Crippen molar-refractivity contribution in [3.8, 4) is 6.07 Å². The molecule has 9 heteroatoms. The standard InChI is InChI=1S/C8H14N2O5S2/c1-16(11,12)10-7-3-2-6(5-9)4-8(7)17(13,14)15/h6-8,10H,2-4H2,1H3,(H,13,14,15). The average molecular weight is 282 g/mol. The normalized spacial score (nSPS) is 30.8. The lowest BCUT2D eigenvalue weighted by atomic mass is 9.87. The molecule has 1 aliphatic rings. The summed E-state index contributed by atoms with van der Waals surface area (Å²) < 4.78 is 55.7. The second-order valence-electron chi connectivity index (χ2n) is 4.19. The number of nitrogens with zero attached hydrogens (tertiary/aromatic N) is 1. The Morgan fingerprint density at radius 2 is 1.88 bits per heavy atom. The topological polar surface area (TPSA) is 124 Å². The molecule has 0 radical (unpaired) electrons. The SMILES string of the molecule is CS(=O)(=O)NC1CCC(C#N)CC1S(=O)(=O)O. The van der Waals surface area contributed by atoms with E-state index in [9.17, 15) is 16.8 Å². The fraction of sp³-hybridized carbons (Fsp3) is 0.875. The van der Waals surface area contributed by atoms with E-state index in [1.165, 1.54) is 0 Å². The second kappa shape index (κ2) is 4.89. The van der Waals surface area contributed by atoms with E-state index in [1.807, 2.05) is 6.07 Å². The van der Waals surface area contributed by atoms with Crippen molar-refractivity contribution in [2.45, 2.75) is 30.6 Å². The highest BCUT2D eigenvalue weighted by Crippen LogP contribution is 2.28. The van der Waals surface area contributed by atoms with Crippen LogP contribution in [0.2, 0.25) is 0 Å². The monoisotopic (exact) mass is 282 g/mol. The van der Waals surface area contributed by atoms with Crippen LogP contribution in [0.25, 0.3) is 0 Å². The molecule has 0 saturated heterocycles. The van der Waals surface area contributed by atoms with E-state index in [4.69, 9.17) is 9.81 Å². The predicted octanol–water partition coefficient (Wildman–Crippen LogP) is -0.516. The molecule has 98 valence electrons. The van der Waals surface area contributed by atoms with E-state index in [-0.39, 0.29) is 12.8 Å². The summed E-state index contributed by atoms with van der Waals surface area (Å²) in [6, 6.07) is 1.07. The molecule has 0 bridgehead atoms. The molecule has 0 aromatic carbocycles. The zero-order valence-electron chi connectivity index (χ0n) is 9.20. The molecule has 2 N–H and O–H groups in total. The molecule has 0 aromatic heterocycles. The van der Waals surface area contributed by atoms with E-state index in [1.54, 1.807) is 0 Å². The maximum Gasteiger partial charge on any atom is 0.269 e. The molecular formula is C8H14N2O5S2. The lowest BCUT2D eigenvalue weighted by Crippen LogP contribution is -2.49. The van der Waals surface area contributed by atoms with Gasteiger partial charge in [0.15, 0.2) is 0 Å². The Hall–Kier alpha value is -0.690. The van der Waals surface area contributed by atoms with E-state index in [0.717, 1.165) is 6.26 Å². The minimum atomic E-state index is -4.37. The first-order chi connectivity index (χ1) is 7.63. The Bertz CT molecular complexity index is 519. The van der Waals surface area contributed by atoms with Crippen molar-refractivity contribution in [1.29, 1.82) is 5.26 Å². The molecule has 1 aliphatic carbocycles. The summed E-state index contributed by atoms with van der Waals surface area (Å²) in [5.74, 6) is -0.473. The predicted molar refractivity (Wildman–Crippen MR) is 60.1 cm³/mol. The quantitative estimate of drug-likeness (QED) is 0.671. The molecule has 1 saturated carbocycles. The Morgan fingerprint density at radius 3 is 2.29 bits per heavy atom. The summed E-state index contributed by atoms with van der Waals surface area (Å²) >= 11 is 0. The summed E-state index contributed by atoms with van der Waals surface area (Å²) in [5, 5.41) is 7.47. The highest BCUT2D eigenvalue weighted by atomic mass is 32.2. The van der Waals surface area contributed by atoms with E-state index >= 15 is 0 Å². The third kappa shape index (κ3) is 4.23. The first-order valence-electron chi connectivity index (χ1n) is 4.96. The highest BCUT2D eigenvalue weighted by molar-refractivity contribution is 7.89. The van der Waals surface area contributed by atoms with Crippen LogP contribution in [-0.2, 0) is 20.1 Å². The van der Waals surface area contributed by atoms with Gasteiger partial charge in [0.25, 0.3) is 10.1 Å². The lowest BCUT2D eigenvalue weighted by molar-refractivity contribution is 0.342. The fourth-order valence-corrected chi connectivity index (χ4v) is 4.00. The average Bonchev–Trinajstić information content (AvgIpc) is 2.14. The van der Waals surface area contributed by atoms with Gasteiger partial charge < -0.3 is 0 Å². The van der Waals surface area contributed by atoms with Crippen LogP contribution in [0.15, 0.2) is 0 Å². The molecule has 0 amide bonds. The van der Waals surface area contributed by atoms with Crippen molar-refractivity contribution < 1.29 is 21.4 Å². The Morgan fingerprint density at radius 1 is 1.29 bits per heavy atom. The molecule has 7 nitrogen and oxygen atoms in total. The van der Waals surface area contributed by atoms with Crippen molar-refractivity contribution in [2.24, 2.45) is 5.92 Å². The molecular weight excluding hydrogens is 268 g/mol. The Balaban J connectivity index is 2.94. The second-order valence-corrected chi connectivity index (χ2v) is 7.60. The smallest absolute Gasteiger partial charge is 0.269 e. The van der Waals surface area contributed by atoms with Crippen LogP contribution in [0.4, 0.5) is 0 Å². The van der Waals surface area contributed by atoms with Crippen LogP contribution in [-0.4, -0.2) is 38.9 Å². The van der Waals surface area contributed by atoms with Gasteiger partial charge in [-0.05, 0) is 19.3 Å². The van der Waals surface area contributed by atoms with Gasteiger partial charge in [-0.25, -0.2) is 13.1 Å². The van der Waals surface area contributed by atoms with E-state index < -0.39 is 37.4 Å². The first kappa shape index (κ1) is 14.4. The molecule has 1 fully saturated rings. The van der Waals surface area contributed by atoms with Gasteiger partial charge in [0.05, 0.1) is 12.3 Å². The summed E-state index contributed by atoms with van der Waals surface area (Å²) in [4.78, 5) is 0. The van der Waals surface area contributed by atoms with Gasteiger partial charge in [0, 0.05) is 12.0 Å². The number of rotatable bonds is 3. The zero-order valence-corrected chi connectivity index (χ0v) is 10.8. The van der Waals surface area contributed by atoms with Crippen LogP contribution in [0.5, 0.6) is 0 Å². The molecule has 0 spiro atoms. The summed E-state index contributed by atoms with van der Waals surface area (Å²) in [6.45, 7) is 0. The van der Waals surface area contributed by atoms with Crippen molar-refractivity contribution in [3.63, 3.8) is 0 Å². The van der Waals surface area contributed by atoms with E-state index in [0.29, 0.717) is 6.42 Å². The minimum Gasteiger partial charge on any atom is -0.285 e. The van der Waals surface area contributed by atoms with Gasteiger partial charge in [-0.15, -0.1) is 0 Å². The largest absolute Gasteiger partial charge is 0.285 e. The third-order valence-electron chi connectivity index (χ3n) is 2.72. The van der Waals surface area contributed by atoms with Crippen molar-refractivity contribution >= 4 is 20.1 Å². The maximum absolute atomic E-state index is 11.2. The number of hydrogen-bond donors (Lipinski definition) is 2. The fourth-order valence-electron chi connectivity index (χ4n) is 1.99. The first-order valence-corrected chi connectivity index (χ1v) is 8.36. The summed E-state index contributed by atoms with van der Waals surface area (Å²) in [7, 11) is -7.92. The van der Waals surface area contributed by atoms with Crippen LogP contribution in [0.1, 0.15) is 19.3 Å². The maximum atomic E-state index is 11.2. The summed E-state index contributed by atoms with van der Waals surface area (Å²) in [6.07, 6.45) is 1.50. The highest BCUT2D eigenvalue weighted by Gasteiger charge is 2.39. The lowest BCUT2D eigenvalue weighted by Gasteiger charge is -2.31. The van der Waals surface area contributed by atoms with Crippen LogP contribution < -0.4 is 4.72 Å². The van der Waals surface area contributed by atoms with Crippen molar-refractivity contribution in [3.05, 3.63) is 0 Å². The van der Waals surface area contributed by atoms with Crippen LogP contribution in [0.3, 0.4) is 0 Å². The van der Waals surface area contributed by atoms with Gasteiger partial charge in [-0.3, -0.25) is 4.55 Å². The van der Waals surface area contributed by atoms with E-state index in [2.05, 4.69) is 4.72 Å². The number of hydrogen-bond acceptors (Lipinski definition) is 5. The van der Waals surface area contributed by atoms with Crippen molar-refractivity contribution in [1.82, 2.24) is 4.72 Å². The molecule has 3 atom stereocenters. The molecule has 0 heterocycles.